The van der Waals surface area contributed by atoms with E-state index in [0.29, 0.717) is 26.3 Å². The van der Waals surface area contributed by atoms with Crippen molar-refractivity contribution in [1.29, 1.82) is 0 Å². The second-order valence-corrected chi connectivity index (χ2v) is 4.92. The normalized spacial score (nSPS) is 14.4. The first kappa shape index (κ1) is 14.0. The zero-order valence-electron chi connectivity index (χ0n) is 11.2. The van der Waals surface area contributed by atoms with Gasteiger partial charge in [0.25, 0.3) is 0 Å². The van der Waals surface area contributed by atoms with E-state index in [2.05, 4.69) is 17.4 Å². The topological polar surface area (TPSA) is 64.3 Å². The molecule has 104 valence electrons. The summed E-state index contributed by atoms with van der Waals surface area (Å²) in [6.07, 6.45) is 2.57. The Bertz CT molecular complexity index is 395. The smallest absolute Gasteiger partial charge is 0.223 e. The van der Waals surface area contributed by atoms with Crippen LogP contribution in [-0.4, -0.2) is 32.2 Å². The Labute approximate surface area is 114 Å². The van der Waals surface area contributed by atoms with Crippen LogP contribution in [0, 0.1) is 5.92 Å². The van der Waals surface area contributed by atoms with Crippen molar-refractivity contribution < 1.29 is 9.53 Å². The molecule has 19 heavy (non-hydrogen) atoms. The summed E-state index contributed by atoms with van der Waals surface area (Å²) in [5.74, 6) is 0.261. The van der Waals surface area contributed by atoms with E-state index in [1.165, 1.54) is 11.1 Å². The fourth-order valence-electron chi connectivity index (χ4n) is 2.46. The van der Waals surface area contributed by atoms with Gasteiger partial charge >= 0.3 is 0 Å². The molecule has 0 saturated carbocycles. The van der Waals surface area contributed by atoms with Gasteiger partial charge in [0.1, 0.15) is 0 Å². The Balaban J connectivity index is 1.66. The lowest BCUT2D eigenvalue weighted by atomic mass is 10.1. The van der Waals surface area contributed by atoms with Crippen molar-refractivity contribution in [2.24, 2.45) is 11.7 Å². The maximum Gasteiger partial charge on any atom is 0.223 e. The summed E-state index contributed by atoms with van der Waals surface area (Å²) in [5, 5.41) is 2.99. The first-order chi connectivity index (χ1) is 9.31. The van der Waals surface area contributed by atoms with Crippen LogP contribution in [0.25, 0.3) is 0 Å². The minimum Gasteiger partial charge on any atom is -0.380 e. The van der Waals surface area contributed by atoms with Crippen LogP contribution in [-0.2, 0) is 22.4 Å². The van der Waals surface area contributed by atoms with E-state index in [1.54, 1.807) is 0 Å². The molecule has 4 nitrogen and oxygen atoms in total. The Hall–Kier alpha value is -1.39. The van der Waals surface area contributed by atoms with E-state index in [9.17, 15) is 4.79 Å². The number of nitrogens with two attached hydrogens (primary N) is 1. The van der Waals surface area contributed by atoms with E-state index in [4.69, 9.17) is 10.5 Å². The minimum absolute atomic E-state index is 0.0994. The number of hydrogen-bond donors (Lipinski definition) is 2. The molecule has 3 N–H and O–H groups in total. The number of fused-ring (bicyclic) bond motifs is 1. The Morgan fingerprint density at radius 2 is 1.95 bits per heavy atom. The van der Waals surface area contributed by atoms with Gasteiger partial charge in [-0.15, -0.1) is 0 Å². The number of rotatable bonds is 7. The fraction of sp³-hybridized carbons (Fsp3) is 0.533. The van der Waals surface area contributed by atoms with E-state index in [0.717, 1.165) is 19.3 Å². The summed E-state index contributed by atoms with van der Waals surface area (Å²) in [4.78, 5) is 12.0. The molecule has 0 radical (unpaired) electrons. The van der Waals surface area contributed by atoms with Gasteiger partial charge in [-0.05, 0) is 30.4 Å². The Morgan fingerprint density at radius 1 is 1.26 bits per heavy atom. The molecule has 1 aliphatic rings. The summed E-state index contributed by atoms with van der Waals surface area (Å²) in [5.41, 5.74) is 7.95. The zero-order valence-corrected chi connectivity index (χ0v) is 11.2. The number of ether oxygens (including phenoxy) is 1. The van der Waals surface area contributed by atoms with E-state index >= 15 is 0 Å². The lowest BCUT2D eigenvalue weighted by Crippen LogP contribution is -2.32. The van der Waals surface area contributed by atoms with Crippen molar-refractivity contribution in [3.05, 3.63) is 35.4 Å². The number of hydrogen-bond acceptors (Lipinski definition) is 3. The van der Waals surface area contributed by atoms with Crippen molar-refractivity contribution in [1.82, 2.24) is 5.32 Å². The average Bonchev–Trinajstić information content (AvgIpc) is 2.86. The van der Waals surface area contributed by atoms with Gasteiger partial charge in [0, 0.05) is 25.6 Å². The van der Waals surface area contributed by atoms with Crippen LogP contribution >= 0.6 is 0 Å². The number of carbonyl (C=O) groups is 1. The largest absolute Gasteiger partial charge is 0.380 e. The van der Waals surface area contributed by atoms with Gasteiger partial charge in [-0.1, -0.05) is 24.3 Å². The molecule has 0 saturated heterocycles. The molecule has 0 fully saturated rings. The fourth-order valence-corrected chi connectivity index (χ4v) is 2.46. The first-order valence-corrected chi connectivity index (χ1v) is 6.93. The number of benzene rings is 1. The van der Waals surface area contributed by atoms with Gasteiger partial charge in [-0.2, -0.15) is 0 Å². The van der Waals surface area contributed by atoms with Crippen molar-refractivity contribution >= 4 is 5.91 Å². The molecule has 1 amide bonds. The van der Waals surface area contributed by atoms with Gasteiger partial charge in [-0.3, -0.25) is 4.79 Å². The summed E-state index contributed by atoms with van der Waals surface area (Å²) in [7, 11) is 0. The highest BCUT2D eigenvalue weighted by Crippen LogP contribution is 2.26. The first-order valence-electron chi connectivity index (χ1n) is 6.93. The van der Waals surface area contributed by atoms with E-state index in [1.807, 2.05) is 12.1 Å². The molecule has 1 aromatic rings. The SMILES string of the molecule is NCCOCCCNC(=O)C1Cc2ccccc2C1. The van der Waals surface area contributed by atoms with E-state index in [-0.39, 0.29) is 11.8 Å². The third-order valence-electron chi connectivity index (χ3n) is 3.45. The lowest BCUT2D eigenvalue weighted by Gasteiger charge is -2.10. The monoisotopic (exact) mass is 262 g/mol. The van der Waals surface area contributed by atoms with Crippen LogP contribution in [0.3, 0.4) is 0 Å². The average molecular weight is 262 g/mol. The predicted molar refractivity (Wildman–Crippen MR) is 74.8 cm³/mol. The molecule has 0 heterocycles. The van der Waals surface area contributed by atoms with Gasteiger partial charge in [-0.25, -0.2) is 0 Å². The van der Waals surface area contributed by atoms with Crippen molar-refractivity contribution in [3.63, 3.8) is 0 Å². The van der Waals surface area contributed by atoms with Crippen LogP contribution in [0.2, 0.25) is 0 Å². The highest BCUT2D eigenvalue weighted by molar-refractivity contribution is 5.80. The van der Waals surface area contributed by atoms with Crippen molar-refractivity contribution in [2.75, 3.05) is 26.3 Å². The molecule has 0 spiro atoms. The molecule has 1 aromatic carbocycles. The molecule has 0 atom stereocenters. The second-order valence-electron chi connectivity index (χ2n) is 4.92. The number of amides is 1. The highest BCUT2D eigenvalue weighted by atomic mass is 16.5. The maximum absolute atomic E-state index is 12.0. The maximum atomic E-state index is 12.0. The highest BCUT2D eigenvalue weighted by Gasteiger charge is 2.26. The molecule has 0 unspecified atom stereocenters. The molecule has 0 bridgehead atoms. The van der Waals surface area contributed by atoms with Gasteiger partial charge in [0.15, 0.2) is 0 Å². The predicted octanol–water partition coefficient (Wildman–Crippen LogP) is 0.883. The van der Waals surface area contributed by atoms with Crippen LogP contribution in [0.15, 0.2) is 24.3 Å². The van der Waals surface area contributed by atoms with Gasteiger partial charge in [0.05, 0.1) is 6.61 Å². The molecule has 1 aliphatic carbocycles. The van der Waals surface area contributed by atoms with Crippen LogP contribution in [0.4, 0.5) is 0 Å². The van der Waals surface area contributed by atoms with Crippen LogP contribution in [0.1, 0.15) is 17.5 Å². The number of nitrogens with one attached hydrogen (secondary N) is 1. The summed E-state index contributed by atoms with van der Waals surface area (Å²) in [6, 6.07) is 8.30. The van der Waals surface area contributed by atoms with Crippen LogP contribution in [0.5, 0.6) is 0 Å². The quantitative estimate of drug-likeness (QED) is 0.717. The molecule has 0 aromatic heterocycles. The summed E-state index contributed by atoms with van der Waals surface area (Å²) >= 11 is 0. The van der Waals surface area contributed by atoms with Crippen molar-refractivity contribution in [3.8, 4) is 0 Å². The molecule has 4 heteroatoms. The van der Waals surface area contributed by atoms with E-state index < -0.39 is 0 Å². The Kier molecular flexibility index (Phi) is 5.36. The van der Waals surface area contributed by atoms with Gasteiger partial charge < -0.3 is 15.8 Å². The molecule has 0 aliphatic heterocycles. The molecule has 2 rings (SSSR count). The third-order valence-corrected chi connectivity index (χ3v) is 3.45. The van der Waals surface area contributed by atoms with Gasteiger partial charge in [0.2, 0.25) is 5.91 Å². The number of carbonyl (C=O) groups excluding carboxylic acids is 1. The zero-order chi connectivity index (χ0) is 13.5. The third kappa shape index (κ3) is 4.04. The summed E-state index contributed by atoms with van der Waals surface area (Å²) < 4.78 is 5.26. The van der Waals surface area contributed by atoms with Crippen LogP contribution < -0.4 is 11.1 Å². The summed E-state index contributed by atoms with van der Waals surface area (Å²) in [6.45, 7) is 2.47. The Morgan fingerprint density at radius 3 is 2.58 bits per heavy atom. The standard InChI is InChI=1S/C15H22N2O2/c16-6-9-19-8-3-7-17-15(18)14-10-12-4-1-2-5-13(12)11-14/h1-2,4-5,14H,3,6-11,16H2,(H,17,18). The van der Waals surface area contributed by atoms with Crippen molar-refractivity contribution in [2.45, 2.75) is 19.3 Å². The second kappa shape index (κ2) is 7.26. The molecular weight excluding hydrogens is 240 g/mol. The lowest BCUT2D eigenvalue weighted by molar-refractivity contribution is -0.124. The minimum atomic E-state index is 0.0994. The molecular formula is C15H22N2O2.